The van der Waals surface area contributed by atoms with Crippen LogP contribution in [0.15, 0.2) is 54.6 Å². The van der Waals surface area contributed by atoms with Gasteiger partial charge >= 0.3 is 5.97 Å². The summed E-state index contributed by atoms with van der Waals surface area (Å²) in [7, 11) is 0. The third-order valence-corrected chi connectivity index (χ3v) is 1.85. The molecular formula is C15H16O6. The molecule has 2 aromatic rings. The predicted octanol–water partition coefficient (Wildman–Crippen LogP) is 2.57. The smallest absolute Gasteiger partial charge is 0.335 e. The first-order chi connectivity index (χ1) is 9.82. The second kappa shape index (κ2) is 9.85. The topological polar surface area (TPSA) is 115 Å². The number of aliphatic carboxylic acids is 1. The highest BCUT2D eigenvalue weighted by molar-refractivity contribution is 5.87. The molecule has 0 aromatic heterocycles. The van der Waals surface area contributed by atoms with E-state index in [1.807, 2.05) is 0 Å². The van der Waals surface area contributed by atoms with Gasteiger partial charge in [-0.15, -0.1) is 0 Å². The Kier molecular flexibility index (Phi) is 8.43. The van der Waals surface area contributed by atoms with Crippen molar-refractivity contribution in [2.75, 3.05) is 0 Å². The molecule has 0 aliphatic carbocycles. The summed E-state index contributed by atoms with van der Waals surface area (Å²) in [6.45, 7) is 1.08. The van der Waals surface area contributed by atoms with E-state index in [9.17, 15) is 4.79 Å². The summed E-state index contributed by atoms with van der Waals surface area (Å²) in [6, 6.07) is 14.1. The van der Waals surface area contributed by atoms with Crippen LogP contribution >= 0.6 is 0 Å². The van der Waals surface area contributed by atoms with Gasteiger partial charge in [-0.25, -0.2) is 4.79 Å². The maximum Gasteiger partial charge on any atom is 0.335 e. The van der Waals surface area contributed by atoms with Gasteiger partial charge in [0.2, 0.25) is 0 Å². The molecule has 0 aliphatic heterocycles. The van der Waals surface area contributed by atoms with E-state index in [0.717, 1.165) is 6.92 Å². The number of carboxylic acid groups (broad SMARTS) is 2. The Morgan fingerprint density at radius 3 is 1.48 bits per heavy atom. The average Bonchev–Trinajstić information content (AvgIpc) is 2.39. The lowest BCUT2D eigenvalue weighted by Gasteiger charge is -1.89. The van der Waals surface area contributed by atoms with Gasteiger partial charge in [0.05, 0.1) is 5.56 Å². The van der Waals surface area contributed by atoms with Crippen LogP contribution in [0.5, 0.6) is 11.5 Å². The standard InChI is InChI=1S/C7H6O2.C6H6O2.C2H4O2/c8-7(9)6-4-2-1-3-5-6;7-5-2-1-3-6(8)4-5;1-2(3)4/h1-5H,(H,8,9);1-4,7-8H;1H3,(H,3,4). The summed E-state index contributed by atoms with van der Waals surface area (Å²) >= 11 is 0. The SMILES string of the molecule is CC(=O)O.O=C(O)c1ccccc1.Oc1cccc(O)c1. The Balaban J connectivity index is 0.000000308. The van der Waals surface area contributed by atoms with E-state index in [1.165, 1.54) is 18.2 Å². The third-order valence-electron chi connectivity index (χ3n) is 1.85. The highest BCUT2D eigenvalue weighted by Gasteiger charge is 1.96. The zero-order chi connectivity index (χ0) is 16.3. The maximum absolute atomic E-state index is 10.2. The summed E-state index contributed by atoms with van der Waals surface area (Å²) in [5.41, 5.74) is 0.331. The highest BCUT2D eigenvalue weighted by Crippen LogP contribution is 2.14. The number of aromatic carboxylic acids is 1. The van der Waals surface area contributed by atoms with E-state index >= 15 is 0 Å². The molecule has 0 heterocycles. The van der Waals surface area contributed by atoms with E-state index in [-0.39, 0.29) is 11.5 Å². The molecule has 2 rings (SSSR count). The van der Waals surface area contributed by atoms with Crippen molar-refractivity contribution in [3.8, 4) is 11.5 Å². The summed E-state index contributed by atoms with van der Waals surface area (Å²) in [5.74, 6) is -1.54. The number of aromatic hydroxyl groups is 2. The van der Waals surface area contributed by atoms with Crippen LogP contribution in [0.4, 0.5) is 0 Å². The zero-order valence-corrected chi connectivity index (χ0v) is 11.3. The van der Waals surface area contributed by atoms with Gasteiger partial charge in [-0.2, -0.15) is 0 Å². The molecule has 0 saturated heterocycles. The summed E-state index contributed by atoms with van der Waals surface area (Å²) < 4.78 is 0. The predicted molar refractivity (Wildman–Crippen MR) is 76.5 cm³/mol. The van der Waals surface area contributed by atoms with Gasteiger partial charge in [-0.05, 0) is 24.3 Å². The molecule has 0 unspecified atom stereocenters. The summed E-state index contributed by atoms with van der Waals surface area (Å²) in [6.07, 6.45) is 0. The van der Waals surface area contributed by atoms with E-state index in [1.54, 1.807) is 36.4 Å². The molecule has 0 atom stereocenters. The number of hydrogen-bond donors (Lipinski definition) is 4. The van der Waals surface area contributed by atoms with Crippen molar-refractivity contribution in [1.82, 2.24) is 0 Å². The number of carboxylic acids is 2. The minimum atomic E-state index is -0.879. The molecule has 6 nitrogen and oxygen atoms in total. The lowest BCUT2D eigenvalue weighted by atomic mass is 10.2. The molecule has 4 N–H and O–H groups in total. The molecule has 21 heavy (non-hydrogen) atoms. The molecule has 6 heteroatoms. The first-order valence-electron chi connectivity index (χ1n) is 5.78. The second-order valence-electron chi connectivity index (χ2n) is 3.71. The van der Waals surface area contributed by atoms with Gasteiger partial charge < -0.3 is 20.4 Å². The minimum absolute atomic E-state index is 0.0880. The van der Waals surface area contributed by atoms with Crippen molar-refractivity contribution in [2.24, 2.45) is 0 Å². The fourth-order valence-electron chi connectivity index (χ4n) is 1.07. The Hall–Kier alpha value is -3.02. The lowest BCUT2D eigenvalue weighted by molar-refractivity contribution is -0.134. The Labute approximate surface area is 121 Å². The van der Waals surface area contributed by atoms with Crippen molar-refractivity contribution in [3.05, 3.63) is 60.2 Å². The largest absolute Gasteiger partial charge is 0.508 e. The van der Waals surface area contributed by atoms with Gasteiger partial charge in [-0.3, -0.25) is 4.79 Å². The summed E-state index contributed by atoms with van der Waals surface area (Å²) in [4.78, 5) is 19.2. The maximum atomic E-state index is 10.2. The Bertz CT molecular complexity index is 544. The molecule has 0 aliphatic rings. The second-order valence-corrected chi connectivity index (χ2v) is 3.71. The van der Waals surface area contributed by atoms with Crippen LogP contribution in [0.1, 0.15) is 17.3 Å². The molecular weight excluding hydrogens is 276 g/mol. The van der Waals surface area contributed by atoms with Crippen molar-refractivity contribution < 1.29 is 30.0 Å². The van der Waals surface area contributed by atoms with Crippen LogP contribution < -0.4 is 0 Å². The molecule has 0 spiro atoms. The van der Waals surface area contributed by atoms with Crippen molar-refractivity contribution in [3.63, 3.8) is 0 Å². The van der Waals surface area contributed by atoms with Crippen molar-refractivity contribution in [1.29, 1.82) is 0 Å². The number of rotatable bonds is 1. The van der Waals surface area contributed by atoms with Crippen LogP contribution in [0, 0.1) is 0 Å². The van der Waals surface area contributed by atoms with Gasteiger partial charge in [0.15, 0.2) is 0 Å². The normalized spacial score (nSPS) is 8.43. The average molecular weight is 292 g/mol. The number of carbonyl (C=O) groups is 2. The van der Waals surface area contributed by atoms with Gasteiger partial charge in [0.1, 0.15) is 11.5 Å². The van der Waals surface area contributed by atoms with E-state index < -0.39 is 11.9 Å². The van der Waals surface area contributed by atoms with Crippen LogP contribution in [-0.2, 0) is 4.79 Å². The first kappa shape index (κ1) is 18.0. The molecule has 0 radical (unpaired) electrons. The van der Waals surface area contributed by atoms with Gasteiger partial charge in [0, 0.05) is 13.0 Å². The van der Waals surface area contributed by atoms with Crippen molar-refractivity contribution >= 4 is 11.9 Å². The number of benzene rings is 2. The zero-order valence-electron chi connectivity index (χ0n) is 11.3. The van der Waals surface area contributed by atoms with Gasteiger partial charge in [0.25, 0.3) is 5.97 Å². The lowest BCUT2D eigenvalue weighted by Crippen LogP contribution is -1.93. The fourth-order valence-corrected chi connectivity index (χ4v) is 1.07. The van der Waals surface area contributed by atoms with Crippen LogP contribution in [0.2, 0.25) is 0 Å². The van der Waals surface area contributed by atoms with Gasteiger partial charge in [-0.1, -0.05) is 24.3 Å². The first-order valence-corrected chi connectivity index (χ1v) is 5.78. The van der Waals surface area contributed by atoms with Crippen molar-refractivity contribution in [2.45, 2.75) is 6.92 Å². The monoisotopic (exact) mass is 292 g/mol. The molecule has 2 aromatic carbocycles. The molecule has 0 fully saturated rings. The fraction of sp³-hybridized carbons (Fsp3) is 0.0667. The number of phenolic OH excluding ortho intramolecular Hbond substituents is 2. The Morgan fingerprint density at radius 1 is 0.810 bits per heavy atom. The van der Waals surface area contributed by atoms with Crippen LogP contribution in [0.25, 0.3) is 0 Å². The molecule has 112 valence electrons. The Morgan fingerprint density at radius 2 is 1.24 bits per heavy atom. The molecule has 0 saturated carbocycles. The number of hydrogen-bond acceptors (Lipinski definition) is 4. The summed E-state index contributed by atoms with van der Waals surface area (Å²) in [5, 5.41) is 33.1. The van der Waals surface area contributed by atoms with E-state index in [0.29, 0.717) is 5.56 Å². The van der Waals surface area contributed by atoms with Crippen LogP contribution in [-0.4, -0.2) is 32.4 Å². The number of phenols is 2. The third kappa shape index (κ3) is 10.6. The quantitative estimate of drug-likeness (QED) is 0.642. The van der Waals surface area contributed by atoms with Crippen LogP contribution in [0.3, 0.4) is 0 Å². The minimum Gasteiger partial charge on any atom is -0.508 e. The van der Waals surface area contributed by atoms with E-state index in [4.69, 9.17) is 25.2 Å². The highest BCUT2D eigenvalue weighted by atomic mass is 16.4. The molecule has 0 bridgehead atoms. The van der Waals surface area contributed by atoms with E-state index in [2.05, 4.69) is 0 Å². The molecule has 0 amide bonds.